The molecule has 11 heteroatoms. The molecule has 1 aliphatic rings. The van der Waals surface area contributed by atoms with Crippen LogP contribution in [0.2, 0.25) is 0 Å². The summed E-state index contributed by atoms with van der Waals surface area (Å²) in [5.74, 6) is 0.573. The van der Waals surface area contributed by atoms with E-state index in [2.05, 4.69) is 25.6 Å². The van der Waals surface area contributed by atoms with Crippen molar-refractivity contribution in [1.29, 1.82) is 0 Å². The number of imide groups is 1. The molecule has 2 aromatic heterocycles. The lowest BCUT2D eigenvalue weighted by molar-refractivity contribution is -0.130. The van der Waals surface area contributed by atoms with Gasteiger partial charge in [0.2, 0.25) is 11.7 Å². The first-order valence-corrected chi connectivity index (χ1v) is 13.7. The van der Waals surface area contributed by atoms with Gasteiger partial charge in [-0.1, -0.05) is 24.3 Å². The minimum absolute atomic E-state index is 0.228. The van der Waals surface area contributed by atoms with Gasteiger partial charge in [-0.15, -0.1) is 10.2 Å². The number of aromatic amines is 1. The average Bonchev–Trinajstić information content (AvgIpc) is 3.57. The van der Waals surface area contributed by atoms with Crippen LogP contribution in [0.4, 0.5) is 5.69 Å². The summed E-state index contributed by atoms with van der Waals surface area (Å²) in [5, 5.41) is 14.0. The molecule has 1 saturated carbocycles. The molecule has 1 fully saturated rings. The molecule has 2 aromatic carbocycles. The highest BCUT2D eigenvalue weighted by molar-refractivity contribution is 6.17. The summed E-state index contributed by atoms with van der Waals surface area (Å²) in [4.78, 5) is 33.0. The predicted molar refractivity (Wildman–Crippen MR) is 155 cm³/mol. The molecule has 0 saturated heterocycles. The van der Waals surface area contributed by atoms with Gasteiger partial charge in [0.05, 0.1) is 25.0 Å². The van der Waals surface area contributed by atoms with Crippen molar-refractivity contribution in [3.05, 3.63) is 72.6 Å². The van der Waals surface area contributed by atoms with Crippen LogP contribution in [0.5, 0.6) is 5.75 Å². The van der Waals surface area contributed by atoms with Crippen LogP contribution >= 0.6 is 0 Å². The van der Waals surface area contributed by atoms with Gasteiger partial charge in [0.25, 0.3) is 5.91 Å². The summed E-state index contributed by atoms with van der Waals surface area (Å²) < 4.78 is 5.42. The summed E-state index contributed by atoms with van der Waals surface area (Å²) in [7, 11) is 1.61. The van der Waals surface area contributed by atoms with Crippen molar-refractivity contribution in [2.75, 3.05) is 18.6 Å². The summed E-state index contributed by atoms with van der Waals surface area (Å²) >= 11 is 0. The number of carbonyl (C=O) groups excluding carboxylic acids is 2. The number of aromatic nitrogens is 5. The van der Waals surface area contributed by atoms with Crippen LogP contribution in [-0.2, 0) is 16.0 Å². The fraction of sp³-hybridized carbons (Fsp3) is 0.333. The summed E-state index contributed by atoms with van der Waals surface area (Å²) in [6.07, 6.45) is 6.78. The average molecular weight is 555 g/mol. The van der Waals surface area contributed by atoms with Gasteiger partial charge in [-0.3, -0.25) is 14.6 Å². The monoisotopic (exact) mass is 554 g/mol. The Morgan fingerprint density at radius 3 is 2.37 bits per heavy atom. The fourth-order valence-corrected chi connectivity index (χ4v) is 5.34. The van der Waals surface area contributed by atoms with Gasteiger partial charge in [0.1, 0.15) is 5.75 Å². The third-order valence-corrected chi connectivity index (χ3v) is 7.74. The molecule has 1 aliphatic carbocycles. The van der Waals surface area contributed by atoms with Crippen molar-refractivity contribution in [2.45, 2.75) is 38.1 Å². The topological polar surface area (TPSA) is 166 Å². The number of nitrogens with zero attached hydrogens (tertiary/aromatic N) is 5. The number of nitrogens with two attached hydrogens (primary N) is 2. The molecule has 11 nitrogen and oxygen atoms in total. The number of hydrogen-bond acceptors (Lipinski definition) is 9. The van der Waals surface area contributed by atoms with E-state index in [1.807, 2.05) is 30.3 Å². The van der Waals surface area contributed by atoms with E-state index in [0.29, 0.717) is 48.1 Å². The number of anilines is 1. The first kappa shape index (κ1) is 28.1. The summed E-state index contributed by atoms with van der Waals surface area (Å²) in [6.45, 7) is 0.610. The standard InChI is InChI=1S/C30H34N8O3/c1-41-27-18-33-15-14-25(27)21-6-2-19(3-7-21)16-26(32)30(40)38(29(39)23-8-4-20(17-31)5-9-23)24-12-10-22(11-13-24)28-34-36-37-35-28/h2-3,6-7,10-15,18,20,23,26H,4-5,8-9,16-17,31-32H2,1H3,(H,34,35,36,37)/t20?,23?,26-/m0/s1. The number of nitrogens with one attached hydrogen (secondary N) is 1. The highest BCUT2D eigenvalue weighted by Gasteiger charge is 2.35. The molecule has 5 N–H and O–H groups in total. The van der Waals surface area contributed by atoms with Crippen LogP contribution in [0.1, 0.15) is 31.2 Å². The Morgan fingerprint density at radius 2 is 1.73 bits per heavy atom. The summed E-state index contributed by atoms with van der Waals surface area (Å²) in [5.41, 5.74) is 16.3. The van der Waals surface area contributed by atoms with E-state index in [-0.39, 0.29) is 18.2 Å². The number of H-pyrrole nitrogens is 1. The van der Waals surface area contributed by atoms with Crippen molar-refractivity contribution in [3.63, 3.8) is 0 Å². The van der Waals surface area contributed by atoms with Gasteiger partial charge >= 0.3 is 0 Å². The van der Waals surface area contributed by atoms with E-state index in [0.717, 1.165) is 29.5 Å². The number of methoxy groups -OCH3 is 1. The van der Waals surface area contributed by atoms with Gasteiger partial charge < -0.3 is 16.2 Å². The maximum absolute atomic E-state index is 13.8. The molecule has 41 heavy (non-hydrogen) atoms. The number of benzene rings is 2. The zero-order valence-electron chi connectivity index (χ0n) is 22.9. The van der Waals surface area contributed by atoms with Gasteiger partial charge in [-0.25, -0.2) is 4.90 Å². The molecule has 4 aromatic rings. The van der Waals surface area contributed by atoms with Crippen molar-refractivity contribution < 1.29 is 14.3 Å². The summed E-state index contributed by atoms with van der Waals surface area (Å²) in [6, 6.07) is 15.7. The molecular weight excluding hydrogens is 520 g/mol. The maximum atomic E-state index is 13.8. The second kappa shape index (κ2) is 12.8. The van der Waals surface area contributed by atoms with E-state index in [9.17, 15) is 9.59 Å². The first-order chi connectivity index (χ1) is 20.0. The molecule has 2 amide bonds. The predicted octanol–water partition coefficient (Wildman–Crippen LogP) is 3.13. The second-order valence-electron chi connectivity index (χ2n) is 10.3. The van der Waals surface area contributed by atoms with Crippen molar-refractivity contribution in [3.8, 4) is 28.3 Å². The van der Waals surface area contributed by atoms with Crippen molar-refractivity contribution >= 4 is 17.5 Å². The molecule has 0 unspecified atom stereocenters. The van der Waals surface area contributed by atoms with Crippen LogP contribution < -0.4 is 21.1 Å². The van der Waals surface area contributed by atoms with Crippen LogP contribution in [0.3, 0.4) is 0 Å². The lowest BCUT2D eigenvalue weighted by Crippen LogP contribution is -2.50. The molecule has 0 aliphatic heterocycles. The first-order valence-electron chi connectivity index (χ1n) is 13.7. The van der Waals surface area contributed by atoms with Crippen LogP contribution in [0, 0.1) is 11.8 Å². The Hall–Kier alpha value is -4.48. The normalized spacial score (nSPS) is 17.5. The lowest BCUT2D eigenvalue weighted by Gasteiger charge is -2.32. The Bertz CT molecular complexity index is 1450. The van der Waals surface area contributed by atoms with E-state index in [4.69, 9.17) is 16.2 Å². The quantitative estimate of drug-likeness (QED) is 0.282. The second-order valence-corrected chi connectivity index (χ2v) is 10.3. The highest BCUT2D eigenvalue weighted by Crippen LogP contribution is 2.32. The molecule has 2 heterocycles. The van der Waals surface area contributed by atoms with Crippen LogP contribution in [0.25, 0.3) is 22.5 Å². The van der Waals surface area contributed by atoms with Gasteiger partial charge in [-0.2, -0.15) is 5.21 Å². The molecular formula is C30H34N8O3. The van der Waals surface area contributed by atoms with Gasteiger partial charge in [-0.05, 0) is 91.2 Å². The molecule has 0 spiro atoms. The number of ether oxygens (including phenoxy) is 1. The zero-order chi connectivity index (χ0) is 28.8. The van der Waals surface area contributed by atoms with E-state index < -0.39 is 11.9 Å². The molecule has 5 rings (SSSR count). The van der Waals surface area contributed by atoms with Gasteiger partial charge in [0.15, 0.2) is 0 Å². The largest absolute Gasteiger partial charge is 0.494 e. The number of amides is 2. The number of pyridine rings is 1. The SMILES string of the molecule is COc1cnccc1-c1ccc(C[C@H](N)C(=O)N(C(=O)C2CCC(CN)CC2)c2ccc(-c3nn[nH]n3)cc2)cc1. The fourth-order valence-electron chi connectivity index (χ4n) is 5.34. The maximum Gasteiger partial charge on any atom is 0.251 e. The molecule has 1 atom stereocenters. The zero-order valence-corrected chi connectivity index (χ0v) is 22.9. The number of tetrazole rings is 1. The third-order valence-electron chi connectivity index (χ3n) is 7.74. The van der Waals surface area contributed by atoms with Crippen molar-refractivity contribution in [1.82, 2.24) is 25.6 Å². The van der Waals surface area contributed by atoms with E-state index in [1.54, 1.807) is 43.8 Å². The Morgan fingerprint density at radius 1 is 1.02 bits per heavy atom. The van der Waals surface area contributed by atoms with Crippen LogP contribution in [-0.4, -0.2) is 57.1 Å². The van der Waals surface area contributed by atoms with E-state index in [1.165, 1.54) is 4.90 Å². The Kier molecular flexibility index (Phi) is 8.76. The highest BCUT2D eigenvalue weighted by atomic mass is 16.5. The molecule has 0 radical (unpaired) electrons. The minimum Gasteiger partial charge on any atom is -0.494 e. The minimum atomic E-state index is -0.919. The third kappa shape index (κ3) is 6.31. The number of hydrogen-bond donors (Lipinski definition) is 3. The lowest BCUT2D eigenvalue weighted by atomic mass is 9.81. The number of rotatable bonds is 9. The molecule has 0 bridgehead atoms. The Labute approximate surface area is 238 Å². The number of carbonyl (C=O) groups is 2. The van der Waals surface area contributed by atoms with Crippen LogP contribution in [0.15, 0.2) is 67.0 Å². The smallest absolute Gasteiger partial charge is 0.251 e. The Balaban J connectivity index is 1.36. The van der Waals surface area contributed by atoms with E-state index >= 15 is 0 Å². The van der Waals surface area contributed by atoms with Gasteiger partial charge in [0, 0.05) is 23.2 Å². The molecule has 212 valence electrons. The van der Waals surface area contributed by atoms with Crippen molar-refractivity contribution in [2.24, 2.45) is 23.3 Å².